The van der Waals surface area contributed by atoms with Crippen molar-refractivity contribution in [2.24, 2.45) is 0 Å². The molecule has 1 aromatic carbocycles. The lowest BCUT2D eigenvalue weighted by Crippen LogP contribution is -2.34. The maximum absolute atomic E-state index is 13.5. The number of benzene rings is 1. The fourth-order valence-corrected chi connectivity index (χ4v) is 3.40. The molecule has 7 heteroatoms. The number of nitrogens with zero attached hydrogens (tertiary/aromatic N) is 1. The summed E-state index contributed by atoms with van der Waals surface area (Å²) >= 11 is 5.53. The number of halogens is 3. The predicted molar refractivity (Wildman–Crippen MR) is 66.1 cm³/mol. The standard InChI is InChI=1S/C11H14ClF2NO2S/c1-2-6-15(7-5-12)18(16,17)11-4-3-9(13)8-10(11)14/h3-4,8H,2,5-7H2,1H3. The van der Waals surface area contributed by atoms with Crippen molar-refractivity contribution >= 4 is 21.6 Å². The van der Waals surface area contributed by atoms with Crippen molar-refractivity contribution in [1.82, 2.24) is 4.31 Å². The highest BCUT2D eigenvalue weighted by Crippen LogP contribution is 2.20. The number of sulfonamides is 1. The van der Waals surface area contributed by atoms with Crippen LogP contribution in [0.25, 0.3) is 0 Å². The van der Waals surface area contributed by atoms with Crippen molar-refractivity contribution in [2.45, 2.75) is 18.2 Å². The third-order valence-corrected chi connectivity index (χ3v) is 4.42. The van der Waals surface area contributed by atoms with Gasteiger partial charge in [0.2, 0.25) is 10.0 Å². The molecule has 0 atom stereocenters. The Labute approximate surface area is 110 Å². The first-order valence-corrected chi connectivity index (χ1v) is 7.42. The first kappa shape index (κ1) is 15.3. The SMILES string of the molecule is CCCN(CCCl)S(=O)(=O)c1ccc(F)cc1F. The zero-order chi connectivity index (χ0) is 13.8. The van der Waals surface area contributed by atoms with Crippen molar-refractivity contribution < 1.29 is 17.2 Å². The monoisotopic (exact) mass is 297 g/mol. The Morgan fingerprint density at radius 3 is 2.44 bits per heavy atom. The van der Waals surface area contributed by atoms with Gasteiger partial charge in [-0.15, -0.1) is 11.6 Å². The first-order valence-electron chi connectivity index (χ1n) is 5.44. The van der Waals surface area contributed by atoms with E-state index in [1.54, 1.807) is 6.92 Å². The van der Waals surface area contributed by atoms with Gasteiger partial charge in [-0.1, -0.05) is 6.92 Å². The van der Waals surface area contributed by atoms with E-state index < -0.39 is 26.6 Å². The Kier molecular flexibility index (Phi) is 5.49. The molecule has 0 unspecified atom stereocenters. The molecular formula is C11H14ClF2NO2S. The van der Waals surface area contributed by atoms with Gasteiger partial charge < -0.3 is 0 Å². The second-order valence-corrected chi connectivity index (χ2v) is 5.95. The van der Waals surface area contributed by atoms with Crippen LogP contribution in [0.15, 0.2) is 23.1 Å². The topological polar surface area (TPSA) is 37.4 Å². The Morgan fingerprint density at radius 2 is 1.94 bits per heavy atom. The van der Waals surface area contributed by atoms with Gasteiger partial charge >= 0.3 is 0 Å². The number of hydrogen-bond donors (Lipinski definition) is 0. The molecule has 3 nitrogen and oxygen atoms in total. The van der Waals surface area contributed by atoms with Crippen LogP contribution in [0, 0.1) is 11.6 Å². The Morgan fingerprint density at radius 1 is 1.28 bits per heavy atom. The zero-order valence-electron chi connectivity index (χ0n) is 9.87. The summed E-state index contributed by atoms with van der Waals surface area (Å²) in [6, 6.07) is 2.40. The summed E-state index contributed by atoms with van der Waals surface area (Å²) in [4.78, 5) is -0.525. The van der Waals surface area contributed by atoms with Gasteiger partial charge in [-0.05, 0) is 18.6 Å². The van der Waals surface area contributed by atoms with Gasteiger partial charge in [-0.3, -0.25) is 0 Å². The molecule has 18 heavy (non-hydrogen) atoms. The highest BCUT2D eigenvalue weighted by Gasteiger charge is 2.26. The van der Waals surface area contributed by atoms with Crippen LogP contribution in [-0.2, 0) is 10.0 Å². The van der Waals surface area contributed by atoms with E-state index >= 15 is 0 Å². The van der Waals surface area contributed by atoms with Crippen molar-refractivity contribution in [3.8, 4) is 0 Å². The molecule has 1 rings (SSSR count). The fraction of sp³-hybridized carbons (Fsp3) is 0.455. The largest absolute Gasteiger partial charge is 0.246 e. The molecule has 0 fully saturated rings. The Bertz CT molecular complexity index is 502. The summed E-state index contributed by atoms with van der Waals surface area (Å²) in [5.74, 6) is -1.79. The molecule has 0 amide bonds. The fourth-order valence-electron chi connectivity index (χ4n) is 1.52. The minimum absolute atomic E-state index is 0.0918. The van der Waals surface area contributed by atoms with Crippen LogP contribution < -0.4 is 0 Å². The van der Waals surface area contributed by atoms with Crippen molar-refractivity contribution in [1.29, 1.82) is 0 Å². The Balaban J connectivity index is 3.17. The lowest BCUT2D eigenvalue weighted by atomic mass is 10.3. The third kappa shape index (κ3) is 3.40. The van der Waals surface area contributed by atoms with E-state index in [-0.39, 0.29) is 19.0 Å². The molecule has 0 saturated carbocycles. The highest BCUT2D eigenvalue weighted by atomic mass is 35.5. The molecule has 0 radical (unpaired) electrons. The molecule has 0 N–H and O–H groups in total. The molecule has 0 aliphatic rings. The molecule has 0 bridgehead atoms. The lowest BCUT2D eigenvalue weighted by molar-refractivity contribution is 0.424. The number of alkyl halides is 1. The number of hydrogen-bond acceptors (Lipinski definition) is 2. The summed E-state index contributed by atoms with van der Waals surface area (Å²) in [6.45, 7) is 2.14. The van der Waals surface area contributed by atoms with Gasteiger partial charge in [0.25, 0.3) is 0 Å². The van der Waals surface area contributed by atoms with E-state index in [1.165, 1.54) is 0 Å². The van der Waals surface area contributed by atoms with E-state index in [0.717, 1.165) is 16.4 Å². The summed E-state index contributed by atoms with van der Waals surface area (Å²) in [6.07, 6.45) is 0.582. The van der Waals surface area contributed by atoms with Gasteiger partial charge in [-0.2, -0.15) is 4.31 Å². The van der Waals surface area contributed by atoms with Crippen LogP contribution in [0.4, 0.5) is 8.78 Å². The molecule has 102 valence electrons. The van der Waals surface area contributed by atoms with E-state index in [0.29, 0.717) is 12.5 Å². The molecule has 1 aromatic rings. The van der Waals surface area contributed by atoms with Crippen LogP contribution in [0.5, 0.6) is 0 Å². The molecule has 0 aliphatic carbocycles. The molecule has 0 aromatic heterocycles. The van der Waals surface area contributed by atoms with Crippen LogP contribution in [0.1, 0.15) is 13.3 Å². The Hall–Kier alpha value is -0.720. The summed E-state index contributed by atoms with van der Waals surface area (Å²) in [7, 11) is -3.97. The average molecular weight is 298 g/mol. The quantitative estimate of drug-likeness (QED) is 0.757. The van der Waals surface area contributed by atoms with Gasteiger partial charge in [0.1, 0.15) is 16.5 Å². The predicted octanol–water partition coefficient (Wildman–Crippen LogP) is 2.60. The van der Waals surface area contributed by atoms with Gasteiger partial charge in [0.05, 0.1) is 0 Å². The third-order valence-electron chi connectivity index (χ3n) is 2.32. The second-order valence-electron chi connectivity index (χ2n) is 3.67. The van der Waals surface area contributed by atoms with Gasteiger partial charge in [-0.25, -0.2) is 17.2 Å². The summed E-state index contributed by atoms with van der Waals surface area (Å²) < 4.78 is 51.7. The first-order chi connectivity index (χ1) is 8.43. The van der Waals surface area contributed by atoms with E-state index in [4.69, 9.17) is 11.6 Å². The molecule has 0 spiro atoms. The summed E-state index contributed by atoms with van der Waals surface area (Å²) in [5, 5.41) is 0. The van der Waals surface area contributed by atoms with Crippen LogP contribution in [0.3, 0.4) is 0 Å². The lowest BCUT2D eigenvalue weighted by Gasteiger charge is -2.20. The zero-order valence-corrected chi connectivity index (χ0v) is 11.4. The van der Waals surface area contributed by atoms with Crippen LogP contribution in [-0.4, -0.2) is 31.7 Å². The molecular weight excluding hydrogens is 284 g/mol. The smallest absolute Gasteiger partial charge is 0.207 e. The second kappa shape index (κ2) is 6.45. The normalized spacial score (nSPS) is 12.1. The molecule has 0 heterocycles. The van der Waals surface area contributed by atoms with Gasteiger partial charge in [0.15, 0.2) is 0 Å². The molecule has 0 aliphatic heterocycles. The van der Waals surface area contributed by atoms with Crippen molar-refractivity contribution in [3.05, 3.63) is 29.8 Å². The van der Waals surface area contributed by atoms with E-state index in [1.807, 2.05) is 0 Å². The van der Waals surface area contributed by atoms with Crippen LogP contribution in [0.2, 0.25) is 0 Å². The minimum atomic E-state index is -3.97. The minimum Gasteiger partial charge on any atom is -0.207 e. The van der Waals surface area contributed by atoms with Crippen molar-refractivity contribution in [2.75, 3.05) is 19.0 Å². The van der Waals surface area contributed by atoms with Crippen molar-refractivity contribution in [3.63, 3.8) is 0 Å². The van der Waals surface area contributed by atoms with E-state index in [9.17, 15) is 17.2 Å². The average Bonchev–Trinajstić information content (AvgIpc) is 2.28. The maximum Gasteiger partial charge on any atom is 0.246 e. The van der Waals surface area contributed by atoms with Gasteiger partial charge in [0, 0.05) is 25.0 Å². The summed E-state index contributed by atoms with van der Waals surface area (Å²) in [5.41, 5.74) is 0. The maximum atomic E-state index is 13.5. The number of rotatable bonds is 6. The highest BCUT2D eigenvalue weighted by molar-refractivity contribution is 7.89. The van der Waals surface area contributed by atoms with Crippen LogP contribution >= 0.6 is 11.6 Å². The van der Waals surface area contributed by atoms with E-state index in [2.05, 4.69) is 0 Å². The molecule has 0 saturated heterocycles.